The number of hydrogen-bond donors (Lipinski definition) is 4. The molecule has 1 amide bonds. The average molecular weight is 440 g/mol. The minimum absolute atomic E-state index is 0.0356. The van der Waals surface area contributed by atoms with Gasteiger partial charge in [0.1, 0.15) is 5.56 Å². The quantitative estimate of drug-likeness (QED) is 0.433. The zero-order valence-corrected chi connectivity index (χ0v) is 17.6. The number of ether oxygens (including phenoxy) is 1. The third kappa shape index (κ3) is 7.44. The maximum absolute atomic E-state index is 12.8. The second kappa shape index (κ2) is 11.4. The number of nitrogens with one attached hydrogen (secondary N) is 3. The van der Waals surface area contributed by atoms with Crippen LogP contribution in [0.15, 0.2) is 11.2 Å². The number of halogens is 2. The molecular weight excluding hydrogens is 410 g/mol. The number of nitrogens with zero attached hydrogens (tertiary/aromatic N) is 3. The molecule has 2 fully saturated rings. The van der Waals surface area contributed by atoms with E-state index in [0.29, 0.717) is 6.54 Å². The molecule has 4 N–H and O–H groups in total. The largest absolute Gasteiger partial charge is 0.393 e. The number of alkyl halides is 2. The lowest BCUT2D eigenvalue weighted by Crippen LogP contribution is -2.36. The van der Waals surface area contributed by atoms with E-state index in [1.165, 1.54) is 6.20 Å². The smallest absolute Gasteiger partial charge is 0.345 e. The molecule has 1 aliphatic heterocycles. The van der Waals surface area contributed by atoms with Gasteiger partial charge in [-0.1, -0.05) is 0 Å². The standard InChI is InChI=1S/C20H30F2N6O3/c1-12(11-31-19(21)22)26-20-25-10-16(18(30)27-14-6-7-23-9-14)17(28-20)24-8-13-2-4-15(29)5-3-13/h8,10,12-15,19,23,29H,2-7,9,11H2,1H3,(H,27,30)(H,25,26,28)/b24-8-/t12-,13?,14-,15?/m0/s1. The molecule has 0 unspecified atom stereocenters. The lowest BCUT2D eigenvalue weighted by molar-refractivity contribution is -0.130. The molecule has 2 heterocycles. The molecule has 9 nitrogen and oxygen atoms in total. The van der Waals surface area contributed by atoms with E-state index in [1.54, 1.807) is 13.1 Å². The predicted octanol–water partition coefficient (Wildman–Crippen LogP) is 1.86. The Kier molecular flexibility index (Phi) is 8.61. The lowest BCUT2D eigenvalue weighted by Gasteiger charge is -2.22. The van der Waals surface area contributed by atoms with Crippen molar-refractivity contribution in [1.29, 1.82) is 0 Å². The second-order valence-corrected chi connectivity index (χ2v) is 8.08. The van der Waals surface area contributed by atoms with Crippen molar-refractivity contribution in [2.24, 2.45) is 10.9 Å². The number of anilines is 1. The van der Waals surface area contributed by atoms with E-state index in [0.717, 1.165) is 38.6 Å². The molecule has 0 bridgehead atoms. The number of aliphatic imine (C=N–C) groups is 1. The number of rotatable bonds is 9. The van der Waals surface area contributed by atoms with Crippen LogP contribution in [0, 0.1) is 5.92 Å². The number of amides is 1. The fourth-order valence-corrected chi connectivity index (χ4v) is 3.65. The summed E-state index contributed by atoms with van der Waals surface area (Å²) in [7, 11) is 0. The first-order valence-corrected chi connectivity index (χ1v) is 10.7. The number of aliphatic hydroxyl groups is 1. The van der Waals surface area contributed by atoms with E-state index in [-0.39, 0.29) is 47.9 Å². The maximum atomic E-state index is 12.8. The van der Waals surface area contributed by atoms with E-state index < -0.39 is 12.7 Å². The zero-order valence-electron chi connectivity index (χ0n) is 17.6. The summed E-state index contributed by atoms with van der Waals surface area (Å²) in [4.78, 5) is 25.7. The molecule has 1 aromatic rings. The summed E-state index contributed by atoms with van der Waals surface area (Å²) in [5.41, 5.74) is 0.251. The minimum Gasteiger partial charge on any atom is -0.393 e. The molecule has 3 rings (SSSR count). The SMILES string of the molecule is C[C@@H](COC(F)F)Nc1ncc(C(=O)N[C@H]2CCNC2)c(/N=C\C2CCC(O)CC2)n1. The van der Waals surface area contributed by atoms with Gasteiger partial charge in [0.15, 0.2) is 5.82 Å². The van der Waals surface area contributed by atoms with Crippen molar-refractivity contribution in [1.82, 2.24) is 20.6 Å². The van der Waals surface area contributed by atoms with Crippen LogP contribution in [0.1, 0.15) is 49.4 Å². The Balaban J connectivity index is 1.73. The first-order valence-electron chi connectivity index (χ1n) is 10.7. The van der Waals surface area contributed by atoms with Crippen LogP contribution >= 0.6 is 0 Å². The average Bonchev–Trinajstić information content (AvgIpc) is 3.25. The number of aliphatic hydroxyl groups excluding tert-OH is 1. The summed E-state index contributed by atoms with van der Waals surface area (Å²) < 4.78 is 28.8. The zero-order chi connectivity index (χ0) is 22.2. The van der Waals surface area contributed by atoms with Crippen LogP contribution < -0.4 is 16.0 Å². The van der Waals surface area contributed by atoms with Gasteiger partial charge in [-0.2, -0.15) is 13.8 Å². The molecular formula is C20H30F2N6O3. The monoisotopic (exact) mass is 440 g/mol. The van der Waals surface area contributed by atoms with Crippen LogP contribution in [0.25, 0.3) is 0 Å². The molecule has 0 spiro atoms. The van der Waals surface area contributed by atoms with Gasteiger partial charge >= 0.3 is 6.61 Å². The summed E-state index contributed by atoms with van der Waals surface area (Å²) in [5, 5.41) is 18.7. The van der Waals surface area contributed by atoms with Crippen molar-refractivity contribution >= 4 is 23.9 Å². The van der Waals surface area contributed by atoms with Crippen molar-refractivity contribution in [2.45, 2.75) is 63.8 Å². The summed E-state index contributed by atoms with van der Waals surface area (Å²) in [6.45, 7) is 0.144. The van der Waals surface area contributed by atoms with Gasteiger partial charge in [0, 0.05) is 31.0 Å². The third-order valence-electron chi connectivity index (χ3n) is 5.41. The number of carbonyl (C=O) groups is 1. The molecule has 1 saturated heterocycles. The molecule has 2 atom stereocenters. The van der Waals surface area contributed by atoms with Crippen molar-refractivity contribution in [3.05, 3.63) is 11.8 Å². The van der Waals surface area contributed by atoms with Crippen molar-refractivity contribution in [3.8, 4) is 0 Å². The van der Waals surface area contributed by atoms with Gasteiger partial charge in [0.2, 0.25) is 5.95 Å². The highest BCUT2D eigenvalue weighted by molar-refractivity contribution is 5.98. The third-order valence-corrected chi connectivity index (χ3v) is 5.41. The number of aromatic nitrogens is 2. The van der Waals surface area contributed by atoms with Crippen molar-refractivity contribution in [2.75, 3.05) is 25.0 Å². The lowest BCUT2D eigenvalue weighted by atomic mass is 9.88. The Bertz CT molecular complexity index is 752. The first-order chi connectivity index (χ1) is 14.9. The minimum atomic E-state index is -2.85. The van der Waals surface area contributed by atoms with Gasteiger partial charge in [-0.05, 0) is 51.5 Å². The Morgan fingerprint density at radius 1 is 1.39 bits per heavy atom. The first kappa shape index (κ1) is 23.4. The molecule has 172 valence electrons. The van der Waals surface area contributed by atoms with Gasteiger partial charge in [-0.3, -0.25) is 4.79 Å². The number of hydrogen-bond acceptors (Lipinski definition) is 8. The van der Waals surface area contributed by atoms with E-state index in [2.05, 4.69) is 35.6 Å². The molecule has 0 radical (unpaired) electrons. The van der Waals surface area contributed by atoms with Gasteiger partial charge in [-0.25, -0.2) is 9.98 Å². The van der Waals surface area contributed by atoms with E-state index >= 15 is 0 Å². The summed E-state index contributed by atoms with van der Waals surface area (Å²) in [6.07, 6.45) is 6.82. The molecule has 1 aliphatic carbocycles. The summed E-state index contributed by atoms with van der Waals surface area (Å²) in [5.74, 6) is 0.286. The van der Waals surface area contributed by atoms with Crippen LogP contribution in [0.2, 0.25) is 0 Å². The predicted molar refractivity (Wildman–Crippen MR) is 112 cm³/mol. The Morgan fingerprint density at radius 3 is 2.84 bits per heavy atom. The highest BCUT2D eigenvalue weighted by atomic mass is 19.3. The normalized spacial score (nSPS) is 25.1. The van der Waals surface area contributed by atoms with Crippen LogP contribution in [0.3, 0.4) is 0 Å². The van der Waals surface area contributed by atoms with Crippen LogP contribution in [-0.4, -0.2) is 71.7 Å². The fraction of sp³-hybridized carbons (Fsp3) is 0.700. The van der Waals surface area contributed by atoms with E-state index in [1.807, 2.05) is 0 Å². The molecule has 11 heteroatoms. The second-order valence-electron chi connectivity index (χ2n) is 8.08. The topological polar surface area (TPSA) is 121 Å². The highest BCUT2D eigenvalue weighted by Crippen LogP contribution is 2.25. The van der Waals surface area contributed by atoms with E-state index in [9.17, 15) is 18.7 Å². The van der Waals surface area contributed by atoms with Gasteiger partial charge in [0.25, 0.3) is 5.91 Å². The van der Waals surface area contributed by atoms with Crippen molar-refractivity contribution < 1.29 is 23.4 Å². The Labute approximate surface area is 180 Å². The van der Waals surface area contributed by atoms with Crippen molar-refractivity contribution in [3.63, 3.8) is 0 Å². The van der Waals surface area contributed by atoms with Crippen LogP contribution in [0.4, 0.5) is 20.5 Å². The van der Waals surface area contributed by atoms with Gasteiger partial charge < -0.3 is 25.8 Å². The van der Waals surface area contributed by atoms with Crippen LogP contribution in [-0.2, 0) is 4.74 Å². The summed E-state index contributed by atoms with van der Waals surface area (Å²) >= 11 is 0. The molecule has 1 saturated carbocycles. The maximum Gasteiger partial charge on any atom is 0.345 e. The highest BCUT2D eigenvalue weighted by Gasteiger charge is 2.22. The molecule has 2 aliphatic rings. The fourth-order valence-electron chi connectivity index (χ4n) is 3.65. The molecule has 31 heavy (non-hydrogen) atoms. The van der Waals surface area contributed by atoms with Gasteiger partial charge in [0.05, 0.1) is 12.7 Å². The Morgan fingerprint density at radius 2 is 2.16 bits per heavy atom. The molecule has 0 aromatic carbocycles. The van der Waals surface area contributed by atoms with E-state index in [4.69, 9.17) is 0 Å². The summed E-state index contributed by atoms with van der Waals surface area (Å²) in [6, 6.07) is -0.427. The number of carbonyl (C=O) groups excluding carboxylic acids is 1. The molecule has 1 aromatic heterocycles. The van der Waals surface area contributed by atoms with Gasteiger partial charge in [-0.15, -0.1) is 0 Å². The van der Waals surface area contributed by atoms with Crippen LogP contribution in [0.5, 0.6) is 0 Å². The Hall–Kier alpha value is -2.24.